The van der Waals surface area contributed by atoms with Gasteiger partial charge in [0.15, 0.2) is 0 Å². The summed E-state index contributed by atoms with van der Waals surface area (Å²) >= 11 is 3.36. The number of nitrogens with one attached hydrogen (secondary N) is 1. The third kappa shape index (κ3) is 4.97. The highest BCUT2D eigenvalue weighted by Crippen LogP contribution is 2.17. The second-order valence-corrected chi connectivity index (χ2v) is 6.12. The van der Waals surface area contributed by atoms with Crippen LogP contribution in [0.25, 0.3) is 0 Å². The Balaban J connectivity index is 1.81. The number of carbonyl (C=O) groups is 1. The summed E-state index contributed by atoms with van der Waals surface area (Å²) in [6.45, 7) is 4.00. The number of rotatable bonds is 5. The molecule has 1 N–H and O–H groups in total. The van der Waals surface area contributed by atoms with Gasteiger partial charge in [0.1, 0.15) is 5.82 Å². The predicted octanol–water partition coefficient (Wildman–Crippen LogP) is 4.42. The van der Waals surface area contributed by atoms with E-state index < -0.39 is 0 Å². The molecule has 1 aromatic carbocycles. The van der Waals surface area contributed by atoms with Gasteiger partial charge in [-0.3, -0.25) is 4.79 Å². The topological polar surface area (TPSA) is 42.0 Å². The minimum absolute atomic E-state index is 0.0139. The number of carbonyl (C=O) groups excluding carboxylic acids is 1. The zero-order valence-electron chi connectivity index (χ0n) is 12.3. The van der Waals surface area contributed by atoms with E-state index in [1.165, 1.54) is 11.1 Å². The molecule has 21 heavy (non-hydrogen) atoms. The molecule has 0 bridgehead atoms. The van der Waals surface area contributed by atoms with Crippen molar-refractivity contribution in [2.24, 2.45) is 0 Å². The van der Waals surface area contributed by atoms with Gasteiger partial charge in [0.25, 0.3) is 0 Å². The molecule has 1 aromatic heterocycles. The minimum atomic E-state index is 0.0139. The van der Waals surface area contributed by atoms with Gasteiger partial charge in [0.2, 0.25) is 5.91 Å². The van der Waals surface area contributed by atoms with Crippen molar-refractivity contribution in [1.82, 2.24) is 4.98 Å². The Hall–Kier alpha value is -1.68. The van der Waals surface area contributed by atoms with Crippen LogP contribution in [0.4, 0.5) is 5.82 Å². The molecule has 3 nitrogen and oxygen atoms in total. The van der Waals surface area contributed by atoms with Crippen LogP contribution in [0.2, 0.25) is 0 Å². The monoisotopic (exact) mass is 346 g/mol. The molecule has 0 aliphatic rings. The van der Waals surface area contributed by atoms with E-state index in [4.69, 9.17) is 0 Å². The van der Waals surface area contributed by atoms with E-state index in [0.29, 0.717) is 12.2 Å². The fourth-order valence-electron chi connectivity index (χ4n) is 2.07. The lowest BCUT2D eigenvalue weighted by molar-refractivity contribution is -0.116. The largest absolute Gasteiger partial charge is 0.310 e. The number of aryl methyl sites for hydroxylation is 3. The summed E-state index contributed by atoms with van der Waals surface area (Å²) in [6.07, 6.45) is 3.95. The smallest absolute Gasteiger partial charge is 0.225 e. The first-order valence-corrected chi connectivity index (χ1v) is 7.81. The lowest BCUT2D eigenvalue weighted by Gasteiger charge is -2.07. The van der Waals surface area contributed by atoms with Crippen molar-refractivity contribution in [1.29, 1.82) is 0 Å². The molecule has 0 aliphatic carbocycles. The van der Waals surface area contributed by atoms with Gasteiger partial charge < -0.3 is 5.32 Å². The lowest BCUT2D eigenvalue weighted by Crippen LogP contribution is -2.13. The predicted molar refractivity (Wildman–Crippen MR) is 89.4 cm³/mol. The standard InChI is InChI=1S/C17H19BrN2O/c1-12-6-8-14(9-7-12)4-3-5-16(21)20-17-13(2)10-15(18)11-19-17/h6-11H,3-5H2,1-2H3,(H,19,20,21). The number of anilines is 1. The number of amides is 1. The minimum Gasteiger partial charge on any atom is -0.310 e. The Morgan fingerprint density at radius 3 is 2.62 bits per heavy atom. The molecular weight excluding hydrogens is 328 g/mol. The fraction of sp³-hybridized carbons (Fsp3) is 0.294. The van der Waals surface area contributed by atoms with E-state index >= 15 is 0 Å². The zero-order chi connectivity index (χ0) is 15.2. The van der Waals surface area contributed by atoms with Crippen molar-refractivity contribution < 1.29 is 4.79 Å². The molecule has 0 spiro atoms. The van der Waals surface area contributed by atoms with Crippen LogP contribution >= 0.6 is 15.9 Å². The summed E-state index contributed by atoms with van der Waals surface area (Å²) in [6, 6.07) is 10.4. The molecular formula is C17H19BrN2O. The van der Waals surface area contributed by atoms with E-state index in [2.05, 4.69) is 57.4 Å². The highest BCUT2D eigenvalue weighted by Gasteiger charge is 2.06. The van der Waals surface area contributed by atoms with Gasteiger partial charge >= 0.3 is 0 Å². The molecule has 2 aromatic rings. The van der Waals surface area contributed by atoms with Crippen molar-refractivity contribution >= 4 is 27.7 Å². The quantitative estimate of drug-likeness (QED) is 0.870. The average Bonchev–Trinajstić information content (AvgIpc) is 2.44. The van der Waals surface area contributed by atoms with E-state index in [9.17, 15) is 4.79 Å². The molecule has 0 saturated carbocycles. The van der Waals surface area contributed by atoms with E-state index in [0.717, 1.165) is 22.9 Å². The van der Waals surface area contributed by atoms with Gasteiger partial charge in [0.05, 0.1) is 0 Å². The summed E-state index contributed by atoms with van der Waals surface area (Å²) in [5.41, 5.74) is 3.48. The Labute approximate surface area is 133 Å². The van der Waals surface area contributed by atoms with Crippen molar-refractivity contribution in [2.45, 2.75) is 33.1 Å². The molecule has 0 aliphatic heterocycles. The highest BCUT2D eigenvalue weighted by molar-refractivity contribution is 9.10. The van der Waals surface area contributed by atoms with E-state index in [1.54, 1.807) is 6.20 Å². The van der Waals surface area contributed by atoms with Crippen molar-refractivity contribution in [3.63, 3.8) is 0 Å². The summed E-state index contributed by atoms with van der Waals surface area (Å²) in [5, 5.41) is 2.86. The van der Waals surface area contributed by atoms with Gasteiger partial charge in [-0.25, -0.2) is 4.98 Å². The number of halogens is 1. The summed E-state index contributed by atoms with van der Waals surface area (Å²) in [7, 11) is 0. The molecule has 0 radical (unpaired) electrons. The van der Waals surface area contributed by atoms with Crippen LogP contribution in [-0.4, -0.2) is 10.9 Å². The maximum atomic E-state index is 11.9. The Bertz CT molecular complexity index is 623. The zero-order valence-corrected chi connectivity index (χ0v) is 13.9. The maximum absolute atomic E-state index is 11.9. The molecule has 0 unspecified atom stereocenters. The van der Waals surface area contributed by atoms with Crippen LogP contribution < -0.4 is 5.32 Å². The number of hydrogen-bond acceptors (Lipinski definition) is 2. The Morgan fingerprint density at radius 2 is 1.95 bits per heavy atom. The van der Waals surface area contributed by atoms with E-state index in [-0.39, 0.29) is 5.91 Å². The van der Waals surface area contributed by atoms with Crippen molar-refractivity contribution in [3.8, 4) is 0 Å². The molecule has 0 fully saturated rings. The number of benzene rings is 1. The first-order valence-electron chi connectivity index (χ1n) is 7.02. The summed E-state index contributed by atoms with van der Waals surface area (Å²) in [5.74, 6) is 0.651. The molecule has 2 rings (SSSR count). The molecule has 1 heterocycles. The van der Waals surface area contributed by atoms with Gasteiger partial charge in [-0.05, 0) is 59.8 Å². The molecule has 1 amide bonds. The summed E-state index contributed by atoms with van der Waals surface area (Å²) in [4.78, 5) is 16.1. The third-order valence-corrected chi connectivity index (χ3v) is 3.73. The van der Waals surface area contributed by atoms with Gasteiger partial charge in [0, 0.05) is 17.1 Å². The molecule has 0 saturated heterocycles. The first-order chi connectivity index (χ1) is 10.0. The second-order valence-electron chi connectivity index (χ2n) is 5.21. The van der Waals surface area contributed by atoms with Gasteiger partial charge in [-0.15, -0.1) is 0 Å². The Morgan fingerprint density at radius 1 is 1.24 bits per heavy atom. The number of hydrogen-bond donors (Lipinski definition) is 1. The van der Waals surface area contributed by atoms with Crippen LogP contribution in [0.5, 0.6) is 0 Å². The van der Waals surface area contributed by atoms with Crippen LogP contribution in [0, 0.1) is 13.8 Å². The number of nitrogens with zero attached hydrogens (tertiary/aromatic N) is 1. The normalized spacial score (nSPS) is 10.4. The van der Waals surface area contributed by atoms with Gasteiger partial charge in [-0.1, -0.05) is 29.8 Å². The van der Waals surface area contributed by atoms with Crippen LogP contribution in [-0.2, 0) is 11.2 Å². The van der Waals surface area contributed by atoms with Crippen LogP contribution in [0.1, 0.15) is 29.5 Å². The van der Waals surface area contributed by atoms with Crippen LogP contribution in [0.3, 0.4) is 0 Å². The SMILES string of the molecule is Cc1ccc(CCCC(=O)Nc2ncc(Br)cc2C)cc1. The number of pyridine rings is 1. The average molecular weight is 347 g/mol. The van der Waals surface area contributed by atoms with Crippen molar-refractivity contribution in [2.75, 3.05) is 5.32 Å². The Kier molecular flexibility index (Phi) is 5.51. The lowest BCUT2D eigenvalue weighted by atomic mass is 10.1. The number of aromatic nitrogens is 1. The van der Waals surface area contributed by atoms with E-state index in [1.807, 2.05) is 13.0 Å². The summed E-state index contributed by atoms with van der Waals surface area (Å²) < 4.78 is 0.914. The second kappa shape index (κ2) is 7.36. The van der Waals surface area contributed by atoms with Crippen molar-refractivity contribution in [3.05, 3.63) is 57.7 Å². The van der Waals surface area contributed by atoms with Crippen LogP contribution in [0.15, 0.2) is 41.0 Å². The fourth-order valence-corrected chi connectivity index (χ4v) is 2.52. The van der Waals surface area contributed by atoms with Gasteiger partial charge in [-0.2, -0.15) is 0 Å². The molecule has 4 heteroatoms. The highest BCUT2D eigenvalue weighted by atomic mass is 79.9. The molecule has 110 valence electrons. The molecule has 0 atom stereocenters. The maximum Gasteiger partial charge on any atom is 0.225 e. The third-order valence-electron chi connectivity index (χ3n) is 3.29. The first kappa shape index (κ1) is 15.7.